The Morgan fingerprint density at radius 3 is 2.58 bits per heavy atom. The van der Waals surface area contributed by atoms with Crippen molar-refractivity contribution < 1.29 is 18.3 Å². The molecule has 0 aliphatic rings. The number of hydrogen-bond donors (Lipinski definition) is 2. The van der Waals surface area contributed by atoms with Gasteiger partial charge in [0.25, 0.3) is 0 Å². The fourth-order valence-electron chi connectivity index (χ4n) is 1.43. The molecule has 19 heavy (non-hydrogen) atoms. The van der Waals surface area contributed by atoms with E-state index in [0.29, 0.717) is 6.54 Å². The Morgan fingerprint density at radius 1 is 1.32 bits per heavy atom. The molecule has 1 amide bonds. The van der Waals surface area contributed by atoms with Crippen molar-refractivity contribution in [2.75, 3.05) is 13.1 Å². The fraction of sp³-hybridized carbons (Fsp3) is 0.462. The summed E-state index contributed by atoms with van der Waals surface area (Å²) in [7, 11) is 0. The largest absolute Gasteiger partial charge is 0.435 e. The first kappa shape index (κ1) is 15.4. The number of hydrogen-bond acceptors (Lipinski definition) is 3. The van der Waals surface area contributed by atoms with Gasteiger partial charge in [0.15, 0.2) is 0 Å². The van der Waals surface area contributed by atoms with Crippen molar-refractivity contribution in [3.05, 3.63) is 29.8 Å². The van der Waals surface area contributed by atoms with Crippen LogP contribution in [0, 0.1) is 0 Å². The minimum atomic E-state index is -2.82. The average Bonchev–Trinajstić information content (AvgIpc) is 2.37. The van der Waals surface area contributed by atoms with Gasteiger partial charge in [-0.3, -0.25) is 4.79 Å². The number of benzene rings is 1. The Kier molecular flexibility index (Phi) is 6.81. The summed E-state index contributed by atoms with van der Waals surface area (Å²) in [5.41, 5.74) is 0.824. The van der Waals surface area contributed by atoms with E-state index in [1.807, 2.05) is 6.92 Å². The number of carbonyl (C=O) groups excluding carboxylic acids is 1. The zero-order valence-electron chi connectivity index (χ0n) is 10.8. The Hall–Kier alpha value is -1.69. The Labute approximate surface area is 111 Å². The van der Waals surface area contributed by atoms with Crippen molar-refractivity contribution in [3.63, 3.8) is 0 Å². The van der Waals surface area contributed by atoms with Crippen molar-refractivity contribution >= 4 is 5.91 Å². The van der Waals surface area contributed by atoms with Gasteiger partial charge in [0.2, 0.25) is 5.91 Å². The molecule has 1 aromatic rings. The van der Waals surface area contributed by atoms with E-state index in [2.05, 4.69) is 15.4 Å². The molecule has 0 unspecified atom stereocenters. The number of carbonyl (C=O) groups is 1. The molecule has 0 saturated heterocycles. The van der Waals surface area contributed by atoms with Crippen LogP contribution in [0.15, 0.2) is 24.3 Å². The highest BCUT2D eigenvalue weighted by molar-refractivity contribution is 5.77. The van der Waals surface area contributed by atoms with Gasteiger partial charge in [-0.15, -0.1) is 0 Å². The van der Waals surface area contributed by atoms with Crippen LogP contribution >= 0.6 is 0 Å². The van der Waals surface area contributed by atoms with Crippen LogP contribution < -0.4 is 15.4 Å². The number of rotatable bonds is 8. The van der Waals surface area contributed by atoms with Crippen molar-refractivity contribution in [2.24, 2.45) is 0 Å². The topological polar surface area (TPSA) is 50.4 Å². The molecular weight excluding hydrogens is 254 g/mol. The van der Waals surface area contributed by atoms with Gasteiger partial charge in [0.1, 0.15) is 5.75 Å². The third-order valence-electron chi connectivity index (χ3n) is 2.35. The molecule has 0 aliphatic carbocycles. The minimum Gasteiger partial charge on any atom is -0.435 e. The molecule has 0 heterocycles. The van der Waals surface area contributed by atoms with Gasteiger partial charge < -0.3 is 15.4 Å². The van der Waals surface area contributed by atoms with Crippen LogP contribution in [0.4, 0.5) is 8.78 Å². The predicted molar refractivity (Wildman–Crippen MR) is 68.1 cm³/mol. The van der Waals surface area contributed by atoms with Gasteiger partial charge in [-0.25, -0.2) is 0 Å². The highest BCUT2D eigenvalue weighted by Crippen LogP contribution is 2.14. The summed E-state index contributed by atoms with van der Waals surface area (Å²) in [6, 6.07) is 6.17. The van der Waals surface area contributed by atoms with E-state index < -0.39 is 6.61 Å². The van der Waals surface area contributed by atoms with Crippen LogP contribution in [-0.4, -0.2) is 25.6 Å². The molecule has 0 fully saturated rings. The summed E-state index contributed by atoms with van der Waals surface area (Å²) in [6.45, 7) is 0.637. The van der Waals surface area contributed by atoms with Gasteiger partial charge in [0, 0.05) is 6.54 Å². The summed E-state index contributed by atoms with van der Waals surface area (Å²) >= 11 is 0. The molecule has 0 spiro atoms. The average molecular weight is 272 g/mol. The van der Waals surface area contributed by atoms with E-state index in [1.54, 1.807) is 12.1 Å². The highest BCUT2D eigenvalue weighted by Gasteiger charge is 2.04. The molecule has 0 radical (unpaired) electrons. The van der Waals surface area contributed by atoms with Crippen LogP contribution in [0.2, 0.25) is 0 Å². The van der Waals surface area contributed by atoms with Gasteiger partial charge >= 0.3 is 6.61 Å². The zero-order valence-corrected chi connectivity index (χ0v) is 10.8. The van der Waals surface area contributed by atoms with Crippen molar-refractivity contribution in [1.82, 2.24) is 10.6 Å². The molecule has 6 heteroatoms. The lowest BCUT2D eigenvalue weighted by atomic mass is 10.2. The second-order valence-corrected chi connectivity index (χ2v) is 3.98. The Morgan fingerprint density at radius 2 is 2.00 bits per heavy atom. The van der Waals surface area contributed by atoms with Crippen molar-refractivity contribution in [1.29, 1.82) is 0 Å². The number of amides is 1. The normalized spacial score (nSPS) is 10.5. The Bertz CT molecular complexity index is 383. The van der Waals surface area contributed by atoms with Gasteiger partial charge in [0.05, 0.1) is 6.54 Å². The maximum absolute atomic E-state index is 11.9. The summed E-state index contributed by atoms with van der Waals surface area (Å²) in [5, 5.41) is 5.71. The molecule has 0 saturated carbocycles. The van der Waals surface area contributed by atoms with E-state index in [0.717, 1.165) is 18.5 Å². The summed E-state index contributed by atoms with van der Waals surface area (Å²) in [5.74, 6) is 0.0102. The van der Waals surface area contributed by atoms with Crippen LogP contribution in [-0.2, 0) is 11.3 Å². The standard InChI is InChI=1S/C13H18F2N2O2/c1-2-7-16-9-12(18)17-8-10-3-5-11(6-4-10)19-13(14)15/h3-6,13,16H,2,7-9H2,1H3,(H,17,18). The smallest absolute Gasteiger partial charge is 0.387 e. The first-order valence-electron chi connectivity index (χ1n) is 6.13. The van der Waals surface area contributed by atoms with Gasteiger partial charge in [-0.2, -0.15) is 8.78 Å². The minimum absolute atomic E-state index is 0.0960. The number of ether oxygens (including phenoxy) is 1. The molecule has 0 aliphatic heterocycles. The third-order valence-corrected chi connectivity index (χ3v) is 2.35. The predicted octanol–water partition coefficient (Wildman–Crippen LogP) is 1.90. The number of halogens is 2. The van der Waals surface area contributed by atoms with E-state index in [9.17, 15) is 13.6 Å². The van der Waals surface area contributed by atoms with Crippen LogP contribution in [0.5, 0.6) is 5.75 Å². The second kappa shape index (κ2) is 8.42. The second-order valence-electron chi connectivity index (χ2n) is 3.98. The van der Waals surface area contributed by atoms with Crippen LogP contribution in [0.3, 0.4) is 0 Å². The number of alkyl halides is 2. The first-order chi connectivity index (χ1) is 9.11. The molecule has 1 aromatic carbocycles. The Balaban J connectivity index is 2.31. The molecule has 0 aromatic heterocycles. The van der Waals surface area contributed by atoms with Crippen LogP contribution in [0.25, 0.3) is 0 Å². The van der Waals surface area contributed by atoms with Crippen LogP contribution in [0.1, 0.15) is 18.9 Å². The summed E-state index contributed by atoms with van der Waals surface area (Å²) in [4.78, 5) is 11.4. The summed E-state index contributed by atoms with van der Waals surface area (Å²) in [6.07, 6.45) is 0.971. The van der Waals surface area contributed by atoms with E-state index >= 15 is 0 Å². The van der Waals surface area contributed by atoms with E-state index in [-0.39, 0.29) is 18.2 Å². The fourth-order valence-corrected chi connectivity index (χ4v) is 1.43. The maximum atomic E-state index is 11.9. The molecule has 0 atom stereocenters. The molecule has 0 bridgehead atoms. The van der Waals surface area contributed by atoms with Crippen molar-refractivity contribution in [3.8, 4) is 5.75 Å². The van der Waals surface area contributed by atoms with Crippen molar-refractivity contribution in [2.45, 2.75) is 26.5 Å². The lowest BCUT2D eigenvalue weighted by Crippen LogP contribution is -2.33. The molecule has 1 rings (SSSR count). The highest BCUT2D eigenvalue weighted by atomic mass is 19.3. The third kappa shape index (κ3) is 6.71. The molecule has 4 nitrogen and oxygen atoms in total. The van der Waals surface area contributed by atoms with Gasteiger partial charge in [-0.05, 0) is 30.7 Å². The summed E-state index contributed by atoms with van der Waals surface area (Å²) < 4.78 is 28.1. The first-order valence-corrected chi connectivity index (χ1v) is 6.13. The van der Waals surface area contributed by atoms with Gasteiger partial charge in [-0.1, -0.05) is 19.1 Å². The lowest BCUT2D eigenvalue weighted by Gasteiger charge is -2.08. The SMILES string of the molecule is CCCNCC(=O)NCc1ccc(OC(F)F)cc1. The monoisotopic (exact) mass is 272 g/mol. The zero-order chi connectivity index (χ0) is 14.1. The molecular formula is C13H18F2N2O2. The quantitative estimate of drug-likeness (QED) is 0.711. The number of nitrogens with one attached hydrogen (secondary N) is 2. The van der Waals surface area contributed by atoms with E-state index in [4.69, 9.17) is 0 Å². The van der Waals surface area contributed by atoms with E-state index in [1.165, 1.54) is 12.1 Å². The maximum Gasteiger partial charge on any atom is 0.387 e. The lowest BCUT2D eigenvalue weighted by molar-refractivity contribution is -0.120. The molecule has 106 valence electrons. The molecule has 2 N–H and O–H groups in total.